The molecule has 3 rings (SSSR count). The zero-order valence-electron chi connectivity index (χ0n) is 13.8. The number of benzene rings is 2. The Morgan fingerprint density at radius 2 is 1.92 bits per heavy atom. The molecule has 2 aromatic carbocycles. The first-order valence-corrected chi connectivity index (χ1v) is 9.51. The van der Waals surface area contributed by atoms with Crippen LogP contribution in [0.4, 0.5) is 10.5 Å². The molecule has 126 valence electrons. The smallest absolute Gasteiger partial charge is 0.321 e. The molecule has 4 nitrogen and oxygen atoms in total. The third kappa shape index (κ3) is 4.03. The van der Waals surface area contributed by atoms with Crippen molar-refractivity contribution in [3.63, 3.8) is 0 Å². The van der Waals surface area contributed by atoms with Crippen LogP contribution in [0.15, 0.2) is 59.5 Å². The second-order valence-corrected chi connectivity index (χ2v) is 7.58. The van der Waals surface area contributed by atoms with E-state index < -0.39 is 10.8 Å². The molecule has 1 unspecified atom stereocenters. The standard InChI is InChI=1S/C19H22N2O2S/c1-21(17-9-6-10-17)19(22)20-16-8-5-7-15(13-16)14-24(23)18-11-3-2-4-12-18/h2-5,7-8,11-13,17H,6,9-10,14H2,1H3,(H,20,22). The van der Waals surface area contributed by atoms with Crippen LogP contribution in [0.5, 0.6) is 0 Å². The number of urea groups is 1. The van der Waals surface area contributed by atoms with Crippen LogP contribution in [0.2, 0.25) is 0 Å². The fourth-order valence-electron chi connectivity index (χ4n) is 2.70. The third-order valence-electron chi connectivity index (χ3n) is 4.42. The number of hydrogen-bond acceptors (Lipinski definition) is 2. The summed E-state index contributed by atoms with van der Waals surface area (Å²) in [5.41, 5.74) is 1.69. The quantitative estimate of drug-likeness (QED) is 0.892. The largest absolute Gasteiger partial charge is 0.325 e. The molecule has 1 N–H and O–H groups in total. The highest BCUT2D eigenvalue weighted by Gasteiger charge is 2.25. The summed E-state index contributed by atoms with van der Waals surface area (Å²) in [6.07, 6.45) is 3.36. The molecule has 1 aliphatic rings. The van der Waals surface area contributed by atoms with Gasteiger partial charge in [-0.1, -0.05) is 30.3 Å². The maximum atomic E-state index is 12.4. The van der Waals surface area contributed by atoms with Crippen LogP contribution in [0.25, 0.3) is 0 Å². The monoisotopic (exact) mass is 342 g/mol. The first-order valence-electron chi connectivity index (χ1n) is 8.19. The number of rotatable bonds is 5. The molecule has 0 aromatic heterocycles. The summed E-state index contributed by atoms with van der Waals surface area (Å²) in [4.78, 5) is 14.8. The van der Waals surface area contributed by atoms with Crippen LogP contribution in [-0.2, 0) is 16.6 Å². The van der Waals surface area contributed by atoms with Crippen molar-refractivity contribution in [3.05, 3.63) is 60.2 Å². The Morgan fingerprint density at radius 3 is 2.58 bits per heavy atom. The molecule has 2 amide bonds. The van der Waals surface area contributed by atoms with Gasteiger partial charge in [0.25, 0.3) is 0 Å². The van der Waals surface area contributed by atoms with Crippen LogP contribution < -0.4 is 5.32 Å². The van der Waals surface area contributed by atoms with Gasteiger partial charge in [-0.3, -0.25) is 4.21 Å². The molecular formula is C19H22N2O2S. The molecule has 1 aliphatic carbocycles. The Balaban J connectivity index is 1.63. The predicted octanol–water partition coefficient (Wildman–Crippen LogP) is 4.01. The molecule has 0 saturated heterocycles. The van der Waals surface area contributed by atoms with Gasteiger partial charge in [0.2, 0.25) is 0 Å². The van der Waals surface area contributed by atoms with Crippen molar-refractivity contribution in [2.75, 3.05) is 12.4 Å². The number of hydrogen-bond donors (Lipinski definition) is 1. The second-order valence-electron chi connectivity index (χ2n) is 6.13. The number of amides is 2. The molecule has 1 saturated carbocycles. The molecule has 0 spiro atoms. The molecular weight excluding hydrogens is 320 g/mol. The van der Waals surface area contributed by atoms with E-state index in [0.29, 0.717) is 11.8 Å². The molecule has 5 heteroatoms. The van der Waals surface area contributed by atoms with Gasteiger partial charge in [-0.05, 0) is 49.1 Å². The molecule has 2 aromatic rings. The number of anilines is 1. The second kappa shape index (κ2) is 7.62. The average molecular weight is 342 g/mol. The van der Waals surface area contributed by atoms with Crippen molar-refractivity contribution in [2.45, 2.75) is 36.0 Å². The Labute approximate surface area is 145 Å². The van der Waals surface area contributed by atoms with E-state index in [4.69, 9.17) is 0 Å². The van der Waals surface area contributed by atoms with Gasteiger partial charge in [-0.2, -0.15) is 0 Å². The van der Waals surface area contributed by atoms with Gasteiger partial charge in [-0.25, -0.2) is 4.79 Å². The van der Waals surface area contributed by atoms with Crippen LogP contribution >= 0.6 is 0 Å². The molecule has 1 atom stereocenters. The van der Waals surface area contributed by atoms with Gasteiger partial charge in [-0.15, -0.1) is 0 Å². The van der Waals surface area contributed by atoms with Gasteiger partial charge in [0.15, 0.2) is 0 Å². The Morgan fingerprint density at radius 1 is 1.17 bits per heavy atom. The molecule has 0 heterocycles. The van der Waals surface area contributed by atoms with Crippen molar-refractivity contribution < 1.29 is 9.00 Å². The number of nitrogens with zero attached hydrogens (tertiary/aromatic N) is 1. The number of nitrogens with one attached hydrogen (secondary N) is 1. The van der Waals surface area contributed by atoms with E-state index in [0.717, 1.165) is 29.0 Å². The average Bonchev–Trinajstić information content (AvgIpc) is 2.54. The third-order valence-corrected chi connectivity index (χ3v) is 5.82. The van der Waals surface area contributed by atoms with Crippen LogP contribution in [-0.4, -0.2) is 28.2 Å². The lowest BCUT2D eigenvalue weighted by Crippen LogP contribution is -2.43. The minimum absolute atomic E-state index is 0.0824. The summed E-state index contributed by atoms with van der Waals surface area (Å²) in [6.45, 7) is 0. The van der Waals surface area contributed by atoms with E-state index in [2.05, 4.69) is 5.32 Å². The van der Waals surface area contributed by atoms with Gasteiger partial charge < -0.3 is 10.2 Å². The minimum atomic E-state index is -1.09. The Bertz CT molecular complexity index is 729. The lowest BCUT2D eigenvalue weighted by atomic mass is 9.92. The fourth-order valence-corrected chi connectivity index (χ4v) is 3.81. The van der Waals surface area contributed by atoms with Crippen LogP contribution in [0.3, 0.4) is 0 Å². The summed E-state index contributed by atoms with van der Waals surface area (Å²) in [5.74, 6) is 0.437. The lowest BCUT2D eigenvalue weighted by Gasteiger charge is -2.34. The Hall–Kier alpha value is -2.14. The highest BCUT2D eigenvalue weighted by molar-refractivity contribution is 7.84. The van der Waals surface area contributed by atoms with Crippen molar-refractivity contribution >= 4 is 22.5 Å². The molecule has 1 fully saturated rings. The van der Waals surface area contributed by atoms with Crippen molar-refractivity contribution in [3.8, 4) is 0 Å². The van der Waals surface area contributed by atoms with E-state index >= 15 is 0 Å². The normalized spacial score (nSPS) is 15.4. The molecule has 0 aliphatic heterocycles. The topological polar surface area (TPSA) is 49.4 Å². The number of carbonyl (C=O) groups is 1. The zero-order chi connectivity index (χ0) is 16.9. The summed E-state index contributed by atoms with van der Waals surface area (Å²) in [5, 5.41) is 2.93. The summed E-state index contributed by atoms with van der Waals surface area (Å²) < 4.78 is 12.4. The highest BCUT2D eigenvalue weighted by atomic mass is 32.2. The minimum Gasteiger partial charge on any atom is -0.325 e. The lowest BCUT2D eigenvalue weighted by molar-refractivity contribution is 0.169. The van der Waals surface area contributed by atoms with E-state index in [1.807, 2.05) is 61.6 Å². The van der Waals surface area contributed by atoms with Crippen LogP contribution in [0.1, 0.15) is 24.8 Å². The Kier molecular flexibility index (Phi) is 5.30. The number of carbonyl (C=O) groups excluding carboxylic acids is 1. The maximum absolute atomic E-state index is 12.4. The van der Waals surface area contributed by atoms with Gasteiger partial charge >= 0.3 is 6.03 Å². The van der Waals surface area contributed by atoms with Crippen molar-refractivity contribution in [1.82, 2.24) is 4.90 Å². The van der Waals surface area contributed by atoms with E-state index in [-0.39, 0.29) is 6.03 Å². The van der Waals surface area contributed by atoms with E-state index in [1.165, 1.54) is 6.42 Å². The zero-order valence-corrected chi connectivity index (χ0v) is 14.6. The summed E-state index contributed by atoms with van der Waals surface area (Å²) in [7, 11) is 0.754. The first-order chi connectivity index (χ1) is 11.6. The maximum Gasteiger partial charge on any atom is 0.321 e. The van der Waals surface area contributed by atoms with Gasteiger partial charge in [0.1, 0.15) is 0 Å². The predicted molar refractivity (Wildman–Crippen MR) is 97.4 cm³/mol. The van der Waals surface area contributed by atoms with Crippen molar-refractivity contribution in [2.24, 2.45) is 0 Å². The summed E-state index contributed by atoms with van der Waals surface area (Å²) >= 11 is 0. The van der Waals surface area contributed by atoms with E-state index in [1.54, 1.807) is 4.90 Å². The van der Waals surface area contributed by atoms with Gasteiger partial charge in [0.05, 0.1) is 16.6 Å². The molecule has 0 bridgehead atoms. The van der Waals surface area contributed by atoms with Crippen molar-refractivity contribution in [1.29, 1.82) is 0 Å². The fraction of sp³-hybridized carbons (Fsp3) is 0.316. The first kappa shape index (κ1) is 16.7. The van der Waals surface area contributed by atoms with Gasteiger partial charge in [0, 0.05) is 23.7 Å². The SMILES string of the molecule is CN(C(=O)Nc1cccc(CS(=O)c2ccccc2)c1)C1CCC1. The summed E-state index contributed by atoms with van der Waals surface area (Å²) in [6, 6.07) is 17.3. The highest BCUT2D eigenvalue weighted by Crippen LogP contribution is 2.24. The van der Waals surface area contributed by atoms with E-state index in [9.17, 15) is 9.00 Å². The molecule has 24 heavy (non-hydrogen) atoms. The molecule has 0 radical (unpaired) electrons. The van der Waals surface area contributed by atoms with Crippen LogP contribution in [0, 0.1) is 0 Å².